The Labute approximate surface area is 144 Å². The molecule has 4 rings (SSSR count). The van der Waals surface area contributed by atoms with Crippen LogP contribution in [0, 0.1) is 0 Å². The molecule has 0 spiro atoms. The number of hydrogen-bond donors (Lipinski definition) is 2. The van der Waals surface area contributed by atoms with Crippen molar-refractivity contribution in [2.75, 3.05) is 4.72 Å². The van der Waals surface area contributed by atoms with Crippen LogP contribution in [-0.4, -0.2) is 23.4 Å². The lowest BCUT2D eigenvalue weighted by atomic mass is 10.3. The predicted octanol–water partition coefficient (Wildman–Crippen LogP) is 3.43. The molecule has 0 fully saturated rings. The van der Waals surface area contributed by atoms with Gasteiger partial charge in [-0.2, -0.15) is 0 Å². The molecule has 0 aliphatic heterocycles. The third-order valence-electron chi connectivity index (χ3n) is 3.70. The minimum absolute atomic E-state index is 0.118. The minimum Gasteiger partial charge on any atom is -0.337 e. The van der Waals surface area contributed by atoms with E-state index >= 15 is 0 Å². The number of nitrogens with zero attached hydrogens (tertiary/aromatic N) is 2. The fourth-order valence-corrected chi connectivity index (χ4v) is 3.79. The number of nitrogens with one attached hydrogen (secondary N) is 2. The molecule has 25 heavy (non-hydrogen) atoms. The van der Waals surface area contributed by atoms with Gasteiger partial charge >= 0.3 is 0 Å². The number of para-hydroxylation sites is 2. The van der Waals surface area contributed by atoms with E-state index in [-0.39, 0.29) is 4.90 Å². The third-order valence-corrected chi connectivity index (χ3v) is 5.11. The third kappa shape index (κ3) is 2.97. The lowest BCUT2D eigenvalue weighted by Gasteiger charge is -2.08. The molecule has 0 saturated carbocycles. The van der Waals surface area contributed by atoms with Crippen molar-refractivity contribution >= 4 is 26.7 Å². The Kier molecular flexibility index (Phi) is 3.70. The summed E-state index contributed by atoms with van der Waals surface area (Å²) in [5.74, 6) is 0.526. The first kappa shape index (κ1) is 15.3. The maximum absolute atomic E-state index is 12.8. The highest BCUT2D eigenvalue weighted by Gasteiger charge is 2.20. The molecular weight excluding hydrogens is 336 g/mol. The quantitative estimate of drug-likeness (QED) is 0.590. The monoisotopic (exact) mass is 350 g/mol. The minimum atomic E-state index is -3.76. The van der Waals surface area contributed by atoms with Crippen molar-refractivity contribution in [3.05, 3.63) is 72.9 Å². The van der Waals surface area contributed by atoms with Gasteiger partial charge in [0, 0.05) is 11.9 Å². The molecule has 0 aliphatic carbocycles. The lowest BCUT2D eigenvalue weighted by molar-refractivity contribution is 0.602. The Morgan fingerprint density at radius 2 is 1.68 bits per heavy atom. The van der Waals surface area contributed by atoms with E-state index in [2.05, 4.69) is 19.7 Å². The smallest absolute Gasteiger partial charge is 0.264 e. The zero-order valence-electron chi connectivity index (χ0n) is 13.0. The zero-order valence-corrected chi connectivity index (χ0v) is 13.9. The molecule has 7 heteroatoms. The fraction of sp³-hybridized carbons (Fsp3) is 0. The first-order chi connectivity index (χ1) is 12.1. The van der Waals surface area contributed by atoms with E-state index in [0.29, 0.717) is 28.2 Å². The van der Waals surface area contributed by atoms with E-state index in [1.807, 2.05) is 24.3 Å². The average Bonchev–Trinajstić information content (AvgIpc) is 3.07. The van der Waals surface area contributed by atoms with Gasteiger partial charge in [0.05, 0.1) is 5.52 Å². The van der Waals surface area contributed by atoms with Gasteiger partial charge in [0.15, 0.2) is 5.82 Å². The first-order valence-electron chi connectivity index (χ1n) is 7.61. The normalized spacial score (nSPS) is 11.5. The van der Waals surface area contributed by atoms with Gasteiger partial charge in [0.25, 0.3) is 10.0 Å². The van der Waals surface area contributed by atoms with Crippen LogP contribution in [0.3, 0.4) is 0 Å². The van der Waals surface area contributed by atoms with Crippen molar-refractivity contribution < 1.29 is 8.42 Å². The molecule has 4 aromatic rings. The van der Waals surface area contributed by atoms with E-state index in [1.54, 1.807) is 42.6 Å². The molecule has 0 radical (unpaired) electrons. The summed E-state index contributed by atoms with van der Waals surface area (Å²) >= 11 is 0. The van der Waals surface area contributed by atoms with Crippen LogP contribution in [0.5, 0.6) is 0 Å². The van der Waals surface area contributed by atoms with E-state index in [9.17, 15) is 8.42 Å². The Balaban J connectivity index is 1.81. The van der Waals surface area contributed by atoms with Crippen LogP contribution in [0.15, 0.2) is 77.8 Å². The predicted molar refractivity (Wildman–Crippen MR) is 96.6 cm³/mol. The Hall–Kier alpha value is -3.19. The number of hydrogen-bond acceptors (Lipinski definition) is 4. The second kappa shape index (κ2) is 6.03. The van der Waals surface area contributed by atoms with Crippen LogP contribution in [0.25, 0.3) is 22.6 Å². The number of benzene rings is 2. The summed E-state index contributed by atoms with van der Waals surface area (Å²) < 4.78 is 28.1. The lowest BCUT2D eigenvalue weighted by Crippen LogP contribution is -2.13. The molecule has 0 saturated heterocycles. The van der Waals surface area contributed by atoms with Crippen molar-refractivity contribution in [3.63, 3.8) is 0 Å². The number of anilines is 1. The summed E-state index contributed by atoms with van der Waals surface area (Å²) in [5, 5.41) is 0. The van der Waals surface area contributed by atoms with Crippen molar-refractivity contribution in [3.8, 4) is 11.5 Å². The van der Waals surface area contributed by atoms with E-state index in [4.69, 9.17) is 0 Å². The SMILES string of the molecule is O=S(=O)(Nc1ccccc1)c1cccc2[nH]c(-c3ccccn3)nc12. The summed E-state index contributed by atoms with van der Waals surface area (Å²) in [7, 11) is -3.76. The fourth-order valence-electron chi connectivity index (χ4n) is 2.56. The summed E-state index contributed by atoms with van der Waals surface area (Å²) in [5.41, 5.74) is 2.17. The number of H-pyrrole nitrogens is 1. The van der Waals surface area contributed by atoms with Crippen LogP contribution < -0.4 is 4.72 Å². The van der Waals surface area contributed by atoms with Gasteiger partial charge in [-0.15, -0.1) is 0 Å². The van der Waals surface area contributed by atoms with E-state index in [1.165, 1.54) is 6.07 Å². The van der Waals surface area contributed by atoms with Crippen LogP contribution in [0.4, 0.5) is 5.69 Å². The maximum atomic E-state index is 12.8. The molecule has 0 unspecified atom stereocenters. The van der Waals surface area contributed by atoms with Gasteiger partial charge in [-0.3, -0.25) is 9.71 Å². The Bertz CT molecular complexity index is 1120. The molecule has 0 aliphatic rings. The topological polar surface area (TPSA) is 87.7 Å². The number of fused-ring (bicyclic) bond motifs is 1. The van der Waals surface area contributed by atoms with Gasteiger partial charge < -0.3 is 4.98 Å². The van der Waals surface area contributed by atoms with Crippen LogP contribution in [0.2, 0.25) is 0 Å². The van der Waals surface area contributed by atoms with E-state index < -0.39 is 10.0 Å². The highest BCUT2D eigenvalue weighted by molar-refractivity contribution is 7.93. The standard InChI is InChI=1S/C18H14N4O2S/c23-25(24,22-13-7-2-1-3-8-13)16-11-6-10-14-17(16)21-18(20-14)15-9-4-5-12-19-15/h1-12,22H,(H,20,21). The highest BCUT2D eigenvalue weighted by atomic mass is 32.2. The molecule has 2 heterocycles. The van der Waals surface area contributed by atoms with Crippen molar-refractivity contribution in [2.24, 2.45) is 0 Å². The molecule has 0 amide bonds. The Morgan fingerprint density at radius 3 is 2.44 bits per heavy atom. The van der Waals surface area contributed by atoms with Gasteiger partial charge in [0.2, 0.25) is 0 Å². The number of aromatic amines is 1. The van der Waals surface area contributed by atoms with Crippen molar-refractivity contribution in [2.45, 2.75) is 4.90 Å². The molecule has 2 aromatic carbocycles. The van der Waals surface area contributed by atoms with Crippen molar-refractivity contribution in [1.82, 2.24) is 15.0 Å². The molecule has 0 bridgehead atoms. The van der Waals surface area contributed by atoms with Gasteiger partial charge in [-0.05, 0) is 36.4 Å². The summed E-state index contributed by atoms with van der Waals surface area (Å²) in [4.78, 5) is 11.9. The largest absolute Gasteiger partial charge is 0.337 e. The molecule has 124 valence electrons. The average molecular weight is 350 g/mol. The van der Waals surface area contributed by atoms with Crippen LogP contribution in [0.1, 0.15) is 0 Å². The van der Waals surface area contributed by atoms with Gasteiger partial charge in [0.1, 0.15) is 16.1 Å². The van der Waals surface area contributed by atoms with Gasteiger partial charge in [-0.1, -0.05) is 30.3 Å². The highest BCUT2D eigenvalue weighted by Crippen LogP contribution is 2.26. The number of pyridine rings is 1. The molecule has 6 nitrogen and oxygen atoms in total. The van der Waals surface area contributed by atoms with Crippen molar-refractivity contribution in [1.29, 1.82) is 0 Å². The molecule has 2 N–H and O–H groups in total. The number of sulfonamides is 1. The van der Waals surface area contributed by atoms with E-state index in [0.717, 1.165) is 0 Å². The van der Waals surface area contributed by atoms with Gasteiger partial charge in [-0.25, -0.2) is 13.4 Å². The Morgan fingerprint density at radius 1 is 0.880 bits per heavy atom. The summed E-state index contributed by atoms with van der Waals surface area (Å²) in [6.07, 6.45) is 1.66. The molecule has 0 atom stereocenters. The molecule has 2 aromatic heterocycles. The maximum Gasteiger partial charge on any atom is 0.264 e. The zero-order chi connectivity index (χ0) is 17.3. The van der Waals surface area contributed by atoms with Crippen LogP contribution in [-0.2, 0) is 10.0 Å². The molecular formula is C18H14N4O2S. The number of imidazole rings is 1. The second-order valence-corrected chi connectivity index (χ2v) is 7.08. The van der Waals surface area contributed by atoms with Crippen LogP contribution >= 0.6 is 0 Å². The summed E-state index contributed by atoms with van der Waals surface area (Å²) in [6.45, 7) is 0. The number of rotatable bonds is 4. The number of aromatic nitrogens is 3. The summed E-state index contributed by atoms with van der Waals surface area (Å²) in [6, 6.07) is 19.2. The first-order valence-corrected chi connectivity index (χ1v) is 9.10. The second-order valence-electron chi connectivity index (χ2n) is 5.42.